The molecule has 0 aromatic heterocycles. The molecule has 0 bridgehead atoms. The third-order valence-electron chi connectivity index (χ3n) is 15.7. The molecular formula is C62H129NSi. The zero-order chi connectivity index (χ0) is 46.4. The Labute approximate surface area is 410 Å². The van der Waals surface area contributed by atoms with Gasteiger partial charge in [-0.1, -0.05) is 356 Å². The fraction of sp³-hybridized carbons (Fsp3) is 1.00. The summed E-state index contributed by atoms with van der Waals surface area (Å²) in [6.45, 7) is 14.7. The Hall–Kier alpha value is 0.177. The molecule has 0 aromatic carbocycles. The Morgan fingerprint density at radius 1 is 0.172 bits per heavy atom. The van der Waals surface area contributed by atoms with Crippen molar-refractivity contribution in [3.05, 3.63) is 0 Å². The first-order chi connectivity index (χ1) is 31.7. The molecule has 0 aliphatic rings. The number of unbranched alkanes of at least 4 members (excludes halogenated alkanes) is 47. The molecule has 0 aliphatic heterocycles. The molecule has 0 aliphatic carbocycles. The van der Waals surface area contributed by atoms with Crippen molar-refractivity contribution >= 4 is 8.24 Å². The number of rotatable bonds is 58. The minimum absolute atomic E-state index is 1.37. The summed E-state index contributed by atoms with van der Waals surface area (Å²) in [6, 6.07) is 4.86. The van der Waals surface area contributed by atoms with Crippen LogP contribution in [0.3, 0.4) is 0 Å². The Balaban J connectivity index is 4.92. The van der Waals surface area contributed by atoms with Crippen molar-refractivity contribution in [2.24, 2.45) is 0 Å². The Morgan fingerprint density at radius 2 is 0.312 bits per heavy atom. The van der Waals surface area contributed by atoms with Gasteiger partial charge >= 0.3 is 0 Å². The van der Waals surface area contributed by atoms with E-state index in [9.17, 15) is 0 Å². The van der Waals surface area contributed by atoms with Crippen LogP contribution in [-0.2, 0) is 0 Å². The predicted molar refractivity (Wildman–Crippen MR) is 300 cm³/mol. The van der Waals surface area contributed by atoms with E-state index in [4.69, 9.17) is 0 Å². The van der Waals surface area contributed by atoms with Gasteiger partial charge in [-0.05, 0) is 44.1 Å². The van der Waals surface area contributed by atoms with Crippen molar-refractivity contribution in [2.75, 3.05) is 13.1 Å². The van der Waals surface area contributed by atoms with Crippen molar-refractivity contribution in [3.63, 3.8) is 0 Å². The summed E-state index contributed by atoms with van der Waals surface area (Å²) < 4.78 is 3.27. The Bertz CT molecular complexity index is 714. The second kappa shape index (κ2) is 55.8. The van der Waals surface area contributed by atoms with Crippen LogP contribution in [0.5, 0.6) is 0 Å². The third-order valence-corrected chi connectivity index (χ3v) is 21.4. The minimum atomic E-state index is -1.49. The molecule has 0 aromatic rings. The quantitative estimate of drug-likeness (QED) is 0.0434. The molecule has 0 fully saturated rings. The zero-order valence-corrected chi connectivity index (χ0v) is 47.3. The molecular weight excluding hydrogens is 787 g/mol. The molecule has 0 radical (unpaired) electrons. The van der Waals surface area contributed by atoms with Gasteiger partial charge in [0.2, 0.25) is 0 Å². The second-order valence-corrected chi connectivity index (χ2v) is 26.7. The van der Waals surface area contributed by atoms with E-state index in [1.807, 2.05) is 0 Å². The highest BCUT2D eigenvalue weighted by molar-refractivity contribution is 6.77. The van der Waals surface area contributed by atoms with E-state index in [1.165, 1.54) is 347 Å². The summed E-state index contributed by atoms with van der Waals surface area (Å²) in [5, 5.41) is 0. The highest BCUT2D eigenvalue weighted by atomic mass is 28.3. The molecule has 2 heteroatoms. The van der Waals surface area contributed by atoms with Gasteiger partial charge in [-0.15, -0.1) is 0 Å². The van der Waals surface area contributed by atoms with Crippen molar-refractivity contribution < 1.29 is 0 Å². The first-order valence-electron chi connectivity index (χ1n) is 31.5. The summed E-state index contributed by atoms with van der Waals surface area (Å²) in [5.41, 5.74) is 0. The molecule has 0 spiro atoms. The van der Waals surface area contributed by atoms with Crippen LogP contribution in [0.1, 0.15) is 369 Å². The molecule has 0 saturated heterocycles. The van der Waals surface area contributed by atoms with Crippen LogP contribution in [0, 0.1) is 0 Å². The maximum atomic E-state index is 3.27. The summed E-state index contributed by atoms with van der Waals surface area (Å²) in [7, 11) is -1.49. The van der Waals surface area contributed by atoms with Crippen LogP contribution in [0.15, 0.2) is 0 Å². The van der Waals surface area contributed by atoms with Gasteiger partial charge in [-0.3, -0.25) is 0 Å². The maximum absolute atomic E-state index is 3.27. The third kappa shape index (κ3) is 45.9. The summed E-state index contributed by atoms with van der Waals surface area (Å²) >= 11 is 0. The standard InChI is InChI=1S/C62H129NSi/c1-6-11-16-19-22-25-28-31-34-37-40-43-46-49-52-55-60-64(63(58-14-9-4)59-15-10-5,61-56-53-50-47-44-41-38-35-32-29-26-23-20-17-12-7-2)62-57-54-51-48-45-42-39-36-33-30-27-24-21-18-13-8-3/h6-62H2,1-5H3. The highest BCUT2D eigenvalue weighted by Gasteiger charge is 2.37. The van der Waals surface area contributed by atoms with Crippen molar-refractivity contribution in [3.8, 4) is 0 Å². The van der Waals surface area contributed by atoms with Crippen molar-refractivity contribution in [1.29, 1.82) is 0 Å². The van der Waals surface area contributed by atoms with Gasteiger partial charge in [-0.25, -0.2) is 0 Å². The van der Waals surface area contributed by atoms with Crippen molar-refractivity contribution in [1.82, 2.24) is 4.57 Å². The zero-order valence-electron chi connectivity index (χ0n) is 46.3. The molecule has 0 heterocycles. The molecule has 0 N–H and O–H groups in total. The monoisotopic (exact) mass is 916 g/mol. The SMILES string of the molecule is CCCCCCCCCCCCCCCCCC[Si](CCCCCCCCCCCCCCCCCC)(CCCCCCCCCCCCCCCCCC)N(CCCC)CCCC. The smallest absolute Gasteiger partial charge is 0.128 e. The average molecular weight is 917 g/mol. The van der Waals surface area contributed by atoms with E-state index >= 15 is 0 Å². The van der Waals surface area contributed by atoms with Gasteiger partial charge in [0.25, 0.3) is 0 Å². The largest absolute Gasteiger partial charge is 0.323 e. The number of nitrogens with zero attached hydrogens (tertiary/aromatic N) is 1. The van der Waals surface area contributed by atoms with E-state index < -0.39 is 8.24 Å². The average Bonchev–Trinajstić information content (AvgIpc) is 3.31. The fourth-order valence-corrected chi connectivity index (χ4v) is 16.8. The lowest BCUT2D eigenvalue weighted by atomic mass is 10.0. The minimum Gasteiger partial charge on any atom is -0.323 e. The topological polar surface area (TPSA) is 3.24 Å². The van der Waals surface area contributed by atoms with E-state index in [1.54, 1.807) is 18.1 Å². The molecule has 0 amide bonds. The van der Waals surface area contributed by atoms with E-state index in [2.05, 4.69) is 39.2 Å². The lowest BCUT2D eigenvalue weighted by Gasteiger charge is -2.44. The summed E-state index contributed by atoms with van der Waals surface area (Å²) in [6.07, 6.45) is 76.8. The van der Waals surface area contributed by atoms with Crippen LogP contribution < -0.4 is 0 Å². The van der Waals surface area contributed by atoms with Crippen LogP contribution in [0.25, 0.3) is 0 Å². The second-order valence-electron chi connectivity index (χ2n) is 22.1. The van der Waals surface area contributed by atoms with E-state index in [0.717, 1.165) is 0 Å². The van der Waals surface area contributed by atoms with Crippen LogP contribution in [0.2, 0.25) is 18.1 Å². The molecule has 0 unspecified atom stereocenters. The van der Waals surface area contributed by atoms with Gasteiger partial charge in [0, 0.05) is 0 Å². The van der Waals surface area contributed by atoms with Gasteiger partial charge in [0.05, 0.1) is 0 Å². The van der Waals surface area contributed by atoms with Crippen LogP contribution >= 0.6 is 0 Å². The van der Waals surface area contributed by atoms with Crippen LogP contribution in [-0.4, -0.2) is 25.9 Å². The molecule has 0 saturated carbocycles. The molecule has 0 atom stereocenters. The first kappa shape index (κ1) is 64.2. The van der Waals surface area contributed by atoms with Gasteiger partial charge < -0.3 is 4.57 Å². The van der Waals surface area contributed by atoms with Gasteiger partial charge in [0.1, 0.15) is 8.24 Å². The molecule has 64 heavy (non-hydrogen) atoms. The highest BCUT2D eigenvalue weighted by Crippen LogP contribution is 2.34. The van der Waals surface area contributed by atoms with E-state index in [-0.39, 0.29) is 0 Å². The lowest BCUT2D eigenvalue weighted by molar-refractivity contribution is 0.384. The van der Waals surface area contributed by atoms with Crippen molar-refractivity contribution in [2.45, 2.75) is 387 Å². The molecule has 386 valence electrons. The Morgan fingerprint density at radius 3 is 0.469 bits per heavy atom. The van der Waals surface area contributed by atoms with Gasteiger partial charge in [0.15, 0.2) is 0 Å². The van der Waals surface area contributed by atoms with Crippen LogP contribution in [0.4, 0.5) is 0 Å². The fourth-order valence-electron chi connectivity index (χ4n) is 11.1. The van der Waals surface area contributed by atoms with E-state index in [0.29, 0.717) is 0 Å². The predicted octanol–water partition coefficient (Wildman–Crippen LogP) is 23.6. The Kier molecular flexibility index (Phi) is 55.9. The summed E-state index contributed by atoms with van der Waals surface area (Å²) in [4.78, 5) is 0. The molecule has 0 rings (SSSR count). The summed E-state index contributed by atoms with van der Waals surface area (Å²) in [5.74, 6) is 0. The normalized spacial score (nSPS) is 12.1. The van der Waals surface area contributed by atoms with Gasteiger partial charge in [-0.2, -0.15) is 0 Å². The first-order valence-corrected chi connectivity index (χ1v) is 34.0. The number of hydrogen-bond donors (Lipinski definition) is 0. The number of hydrogen-bond acceptors (Lipinski definition) is 1. The molecule has 1 nitrogen and oxygen atoms in total. The lowest BCUT2D eigenvalue weighted by Crippen LogP contribution is -2.54. The maximum Gasteiger partial charge on any atom is 0.128 e.